The molecule has 0 unspecified atom stereocenters. The first-order valence-corrected chi connectivity index (χ1v) is 4.98. The first kappa shape index (κ1) is 12.2. The van der Waals surface area contributed by atoms with E-state index in [4.69, 9.17) is 9.47 Å². The molecule has 2 amide bonds. The van der Waals surface area contributed by atoms with Crippen molar-refractivity contribution in [1.29, 1.82) is 0 Å². The standard InChI is InChI=1S/C11H16N2O3/c1-4-12-11(14)13-10-8(15-2)6-5-7-9(10)16-3/h5-7H,4H2,1-3H3,(H2,12,13,14). The summed E-state index contributed by atoms with van der Waals surface area (Å²) in [5.41, 5.74) is 0.526. The van der Waals surface area contributed by atoms with Gasteiger partial charge in [-0.3, -0.25) is 0 Å². The number of anilines is 1. The summed E-state index contributed by atoms with van der Waals surface area (Å²) in [7, 11) is 3.08. The van der Waals surface area contributed by atoms with Crippen LogP contribution >= 0.6 is 0 Å². The van der Waals surface area contributed by atoms with Gasteiger partial charge in [0.15, 0.2) is 0 Å². The van der Waals surface area contributed by atoms with E-state index in [1.54, 1.807) is 18.2 Å². The van der Waals surface area contributed by atoms with Crippen molar-refractivity contribution < 1.29 is 14.3 Å². The Balaban J connectivity index is 2.95. The first-order valence-electron chi connectivity index (χ1n) is 4.98. The number of hydrogen-bond acceptors (Lipinski definition) is 3. The molecule has 0 aliphatic rings. The van der Waals surface area contributed by atoms with Gasteiger partial charge in [0.25, 0.3) is 0 Å². The largest absolute Gasteiger partial charge is 0.494 e. The second-order valence-electron chi connectivity index (χ2n) is 3.02. The van der Waals surface area contributed by atoms with Crippen LogP contribution in [0.1, 0.15) is 6.92 Å². The smallest absolute Gasteiger partial charge is 0.319 e. The predicted octanol–water partition coefficient (Wildman–Crippen LogP) is 1.85. The summed E-state index contributed by atoms with van der Waals surface area (Å²) in [4.78, 5) is 11.4. The maximum Gasteiger partial charge on any atom is 0.319 e. The van der Waals surface area contributed by atoms with E-state index >= 15 is 0 Å². The number of amides is 2. The van der Waals surface area contributed by atoms with Crippen molar-refractivity contribution in [3.8, 4) is 11.5 Å². The second-order valence-corrected chi connectivity index (χ2v) is 3.02. The van der Waals surface area contributed by atoms with Crippen molar-refractivity contribution in [2.75, 3.05) is 26.1 Å². The molecule has 0 heterocycles. The Labute approximate surface area is 94.7 Å². The fourth-order valence-electron chi connectivity index (χ4n) is 1.29. The van der Waals surface area contributed by atoms with Gasteiger partial charge in [-0.1, -0.05) is 6.07 Å². The van der Waals surface area contributed by atoms with Gasteiger partial charge in [-0.2, -0.15) is 0 Å². The normalized spacial score (nSPS) is 9.44. The van der Waals surface area contributed by atoms with Crippen molar-refractivity contribution in [3.63, 3.8) is 0 Å². The zero-order valence-electron chi connectivity index (χ0n) is 9.66. The van der Waals surface area contributed by atoms with Crippen LogP contribution in [0.2, 0.25) is 0 Å². The summed E-state index contributed by atoms with van der Waals surface area (Å²) < 4.78 is 10.3. The predicted molar refractivity (Wildman–Crippen MR) is 62.2 cm³/mol. The molecule has 88 valence electrons. The number of urea groups is 1. The van der Waals surface area contributed by atoms with Crippen molar-refractivity contribution in [2.24, 2.45) is 0 Å². The van der Waals surface area contributed by atoms with Crippen LogP contribution in [0, 0.1) is 0 Å². The van der Waals surface area contributed by atoms with Crippen LogP contribution in [0.3, 0.4) is 0 Å². The summed E-state index contributed by atoms with van der Waals surface area (Å²) in [5.74, 6) is 1.12. The third kappa shape index (κ3) is 2.79. The van der Waals surface area contributed by atoms with Gasteiger partial charge < -0.3 is 20.1 Å². The number of benzene rings is 1. The van der Waals surface area contributed by atoms with Crippen molar-refractivity contribution in [3.05, 3.63) is 18.2 Å². The molecule has 5 heteroatoms. The summed E-state index contributed by atoms with van der Waals surface area (Å²) in [6.07, 6.45) is 0. The molecular weight excluding hydrogens is 208 g/mol. The highest BCUT2D eigenvalue weighted by Crippen LogP contribution is 2.33. The lowest BCUT2D eigenvalue weighted by Gasteiger charge is -2.13. The van der Waals surface area contributed by atoms with Gasteiger partial charge in [-0.15, -0.1) is 0 Å². The Morgan fingerprint density at radius 1 is 1.25 bits per heavy atom. The molecule has 0 aliphatic heterocycles. The number of rotatable bonds is 4. The van der Waals surface area contributed by atoms with Crippen LogP contribution in [-0.2, 0) is 0 Å². The Bertz CT molecular complexity index is 344. The Hall–Kier alpha value is -1.91. The number of carbonyl (C=O) groups excluding carboxylic acids is 1. The number of carbonyl (C=O) groups is 1. The van der Waals surface area contributed by atoms with Crippen LogP contribution in [0.5, 0.6) is 11.5 Å². The zero-order valence-corrected chi connectivity index (χ0v) is 9.66. The molecule has 0 spiro atoms. The highest BCUT2D eigenvalue weighted by Gasteiger charge is 2.11. The van der Waals surface area contributed by atoms with E-state index in [1.807, 2.05) is 6.92 Å². The lowest BCUT2D eigenvalue weighted by Crippen LogP contribution is -2.28. The minimum absolute atomic E-state index is 0.287. The van der Waals surface area contributed by atoms with Gasteiger partial charge >= 0.3 is 6.03 Å². The third-order valence-corrected chi connectivity index (χ3v) is 2.00. The maximum absolute atomic E-state index is 11.4. The lowest BCUT2D eigenvalue weighted by atomic mass is 10.2. The van der Waals surface area contributed by atoms with E-state index in [1.165, 1.54) is 14.2 Å². The number of methoxy groups -OCH3 is 2. The van der Waals surface area contributed by atoms with Crippen LogP contribution in [0.4, 0.5) is 10.5 Å². The molecule has 0 saturated heterocycles. The highest BCUT2D eigenvalue weighted by molar-refractivity contribution is 5.92. The van der Waals surface area contributed by atoms with Crippen molar-refractivity contribution in [1.82, 2.24) is 5.32 Å². The zero-order chi connectivity index (χ0) is 12.0. The van der Waals surface area contributed by atoms with Crippen LogP contribution in [0.25, 0.3) is 0 Å². The number of hydrogen-bond donors (Lipinski definition) is 2. The third-order valence-electron chi connectivity index (χ3n) is 2.00. The van der Waals surface area contributed by atoms with Gasteiger partial charge in [-0.25, -0.2) is 4.79 Å². The van der Waals surface area contributed by atoms with Gasteiger partial charge in [0.1, 0.15) is 17.2 Å². The van der Waals surface area contributed by atoms with Crippen LogP contribution in [-0.4, -0.2) is 26.8 Å². The van der Waals surface area contributed by atoms with E-state index in [2.05, 4.69) is 10.6 Å². The molecule has 2 N–H and O–H groups in total. The summed E-state index contributed by atoms with van der Waals surface area (Å²) in [6, 6.07) is 5.01. The van der Waals surface area contributed by atoms with Gasteiger partial charge in [0, 0.05) is 6.54 Å². The number of ether oxygens (including phenoxy) is 2. The van der Waals surface area contributed by atoms with Crippen molar-refractivity contribution >= 4 is 11.7 Å². The topological polar surface area (TPSA) is 59.6 Å². The lowest BCUT2D eigenvalue weighted by molar-refractivity contribution is 0.252. The quantitative estimate of drug-likeness (QED) is 0.820. The molecule has 0 aliphatic carbocycles. The van der Waals surface area contributed by atoms with E-state index in [-0.39, 0.29) is 6.03 Å². The van der Waals surface area contributed by atoms with E-state index in [0.717, 1.165) is 0 Å². The average Bonchev–Trinajstić information content (AvgIpc) is 2.29. The average molecular weight is 224 g/mol. The van der Waals surface area contributed by atoms with E-state index < -0.39 is 0 Å². The first-order chi connectivity index (χ1) is 7.72. The molecular formula is C11H16N2O3. The molecule has 0 fully saturated rings. The maximum atomic E-state index is 11.4. The molecule has 0 aromatic heterocycles. The molecule has 0 bridgehead atoms. The molecule has 5 nitrogen and oxygen atoms in total. The minimum Gasteiger partial charge on any atom is -0.494 e. The number of nitrogens with one attached hydrogen (secondary N) is 2. The molecule has 1 rings (SSSR count). The summed E-state index contributed by atoms with van der Waals surface area (Å²) in [5, 5.41) is 5.32. The van der Waals surface area contributed by atoms with E-state index in [0.29, 0.717) is 23.7 Å². The Kier molecular flexibility index (Phi) is 4.44. The molecule has 1 aromatic carbocycles. The Morgan fingerprint density at radius 2 is 1.81 bits per heavy atom. The molecule has 1 aromatic rings. The summed E-state index contributed by atoms with van der Waals surface area (Å²) in [6.45, 7) is 2.41. The fraction of sp³-hybridized carbons (Fsp3) is 0.364. The van der Waals surface area contributed by atoms with Crippen LogP contribution < -0.4 is 20.1 Å². The molecule has 0 saturated carbocycles. The van der Waals surface area contributed by atoms with Crippen molar-refractivity contribution in [2.45, 2.75) is 6.92 Å². The van der Waals surface area contributed by atoms with Crippen LogP contribution in [0.15, 0.2) is 18.2 Å². The highest BCUT2D eigenvalue weighted by atomic mass is 16.5. The van der Waals surface area contributed by atoms with Gasteiger partial charge in [-0.05, 0) is 19.1 Å². The SMILES string of the molecule is CCNC(=O)Nc1c(OC)cccc1OC. The summed E-state index contributed by atoms with van der Waals surface area (Å²) >= 11 is 0. The molecule has 0 radical (unpaired) electrons. The number of para-hydroxylation sites is 1. The monoisotopic (exact) mass is 224 g/mol. The Morgan fingerprint density at radius 3 is 2.25 bits per heavy atom. The minimum atomic E-state index is -0.287. The molecule has 0 atom stereocenters. The van der Waals surface area contributed by atoms with Gasteiger partial charge in [0.2, 0.25) is 0 Å². The molecule has 16 heavy (non-hydrogen) atoms. The van der Waals surface area contributed by atoms with Gasteiger partial charge in [0.05, 0.1) is 14.2 Å². The van der Waals surface area contributed by atoms with E-state index in [9.17, 15) is 4.79 Å². The fourth-order valence-corrected chi connectivity index (χ4v) is 1.29. The second kappa shape index (κ2) is 5.85.